The summed E-state index contributed by atoms with van der Waals surface area (Å²) < 4.78 is 5.63. The minimum Gasteiger partial charge on any atom is -0.494 e. The van der Waals surface area contributed by atoms with Gasteiger partial charge in [-0.2, -0.15) is 0 Å². The zero-order chi connectivity index (χ0) is 15.8. The summed E-state index contributed by atoms with van der Waals surface area (Å²) in [7, 11) is 2.17. The summed E-state index contributed by atoms with van der Waals surface area (Å²) in [5, 5.41) is 0. The third-order valence-corrected chi connectivity index (χ3v) is 4.17. The van der Waals surface area contributed by atoms with Gasteiger partial charge in [-0.1, -0.05) is 32.9 Å². The molecule has 1 rings (SSSR count). The second-order valence-electron chi connectivity index (χ2n) is 6.27. The Balaban J connectivity index is 2.51. The maximum absolute atomic E-state index is 6.13. The molecule has 3 nitrogen and oxygen atoms in total. The number of rotatable bonds is 9. The van der Waals surface area contributed by atoms with Gasteiger partial charge >= 0.3 is 0 Å². The lowest BCUT2D eigenvalue weighted by atomic mass is 10.0. The van der Waals surface area contributed by atoms with Crippen LogP contribution in [0.1, 0.15) is 52.1 Å². The van der Waals surface area contributed by atoms with Gasteiger partial charge in [0.1, 0.15) is 5.75 Å². The van der Waals surface area contributed by atoms with E-state index in [2.05, 4.69) is 63.9 Å². The molecule has 0 fully saturated rings. The smallest absolute Gasteiger partial charge is 0.119 e. The summed E-state index contributed by atoms with van der Waals surface area (Å²) in [6.07, 6.45) is 2.08. The van der Waals surface area contributed by atoms with E-state index in [4.69, 9.17) is 10.5 Å². The van der Waals surface area contributed by atoms with Crippen LogP contribution in [0.3, 0.4) is 0 Å². The maximum atomic E-state index is 6.13. The minimum absolute atomic E-state index is 0.282. The molecule has 0 saturated heterocycles. The molecule has 2 unspecified atom stereocenters. The second-order valence-corrected chi connectivity index (χ2v) is 6.27. The Morgan fingerprint density at radius 3 is 2.29 bits per heavy atom. The van der Waals surface area contributed by atoms with Crippen molar-refractivity contribution in [1.29, 1.82) is 0 Å². The lowest BCUT2D eigenvalue weighted by Gasteiger charge is -2.27. The van der Waals surface area contributed by atoms with Gasteiger partial charge in [0, 0.05) is 12.1 Å². The molecule has 120 valence electrons. The fraction of sp³-hybridized carbons (Fsp3) is 0.667. The van der Waals surface area contributed by atoms with Crippen LogP contribution in [0, 0.1) is 5.92 Å². The molecule has 0 aromatic heterocycles. The SMILES string of the molecule is CCCOc1ccc(C(C)N(C)CCC(N)C(C)C)cc1. The van der Waals surface area contributed by atoms with Gasteiger partial charge in [0.15, 0.2) is 0 Å². The van der Waals surface area contributed by atoms with Crippen LogP contribution >= 0.6 is 0 Å². The first-order valence-electron chi connectivity index (χ1n) is 8.14. The van der Waals surface area contributed by atoms with Crippen molar-refractivity contribution in [3.05, 3.63) is 29.8 Å². The molecule has 2 atom stereocenters. The van der Waals surface area contributed by atoms with Crippen molar-refractivity contribution in [3.8, 4) is 5.75 Å². The Bertz CT molecular complexity index is 389. The Morgan fingerprint density at radius 1 is 1.14 bits per heavy atom. The molecule has 2 N–H and O–H groups in total. The number of ether oxygens (including phenoxy) is 1. The number of hydrogen-bond acceptors (Lipinski definition) is 3. The molecule has 3 heteroatoms. The Hall–Kier alpha value is -1.06. The first kappa shape index (κ1) is 18.0. The van der Waals surface area contributed by atoms with E-state index in [1.54, 1.807) is 0 Å². The fourth-order valence-corrected chi connectivity index (χ4v) is 2.20. The van der Waals surface area contributed by atoms with Crippen molar-refractivity contribution in [2.24, 2.45) is 11.7 Å². The average Bonchev–Trinajstić information content (AvgIpc) is 2.49. The highest BCUT2D eigenvalue weighted by molar-refractivity contribution is 5.28. The largest absolute Gasteiger partial charge is 0.494 e. The van der Waals surface area contributed by atoms with Gasteiger partial charge in [-0.25, -0.2) is 0 Å². The Labute approximate surface area is 130 Å². The second kappa shape index (κ2) is 9.06. The molecule has 0 aliphatic rings. The van der Waals surface area contributed by atoms with E-state index >= 15 is 0 Å². The quantitative estimate of drug-likeness (QED) is 0.751. The van der Waals surface area contributed by atoms with Gasteiger partial charge in [-0.15, -0.1) is 0 Å². The summed E-state index contributed by atoms with van der Waals surface area (Å²) in [6, 6.07) is 9.13. The van der Waals surface area contributed by atoms with Gasteiger partial charge in [-0.3, -0.25) is 4.90 Å². The van der Waals surface area contributed by atoms with Crippen LogP contribution in [-0.4, -0.2) is 31.1 Å². The molecule has 0 aliphatic heterocycles. The number of hydrogen-bond donors (Lipinski definition) is 1. The van der Waals surface area contributed by atoms with Crippen LogP contribution in [0.15, 0.2) is 24.3 Å². The van der Waals surface area contributed by atoms with Gasteiger partial charge in [-0.05, 0) is 57.0 Å². The molecule has 21 heavy (non-hydrogen) atoms. The minimum atomic E-state index is 0.282. The number of nitrogens with zero attached hydrogens (tertiary/aromatic N) is 1. The first-order valence-corrected chi connectivity index (χ1v) is 8.14. The normalized spacial score (nSPS) is 14.5. The fourth-order valence-electron chi connectivity index (χ4n) is 2.20. The molecule has 0 amide bonds. The van der Waals surface area contributed by atoms with E-state index in [0.29, 0.717) is 12.0 Å². The van der Waals surface area contributed by atoms with Gasteiger partial charge < -0.3 is 10.5 Å². The molecular formula is C18H32N2O. The monoisotopic (exact) mass is 292 g/mol. The van der Waals surface area contributed by atoms with Crippen molar-refractivity contribution < 1.29 is 4.74 Å². The van der Waals surface area contributed by atoms with E-state index < -0.39 is 0 Å². The van der Waals surface area contributed by atoms with Crippen molar-refractivity contribution in [3.63, 3.8) is 0 Å². The highest BCUT2D eigenvalue weighted by atomic mass is 16.5. The zero-order valence-corrected chi connectivity index (χ0v) is 14.3. The van der Waals surface area contributed by atoms with E-state index in [9.17, 15) is 0 Å². The van der Waals surface area contributed by atoms with Gasteiger partial charge in [0.25, 0.3) is 0 Å². The van der Waals surface area contributed by atoms with E-state index in [-0.39, 0.29) is 6.04 Å². The van der Waals surface area contributed by atoms with E-state index in [0.717, 1.165) is 31.7 Å². The lowest BCUT2D eigenvalue weighted by Crippen LogP contribution is -2.32. The zero-order valence-electron chi connectivity index (χ0n) is 14.3. The van der Waals surface area contributed by atoms with Crippen LogP contribution in [0.2, 0.25) is 0 Å². The highest BCUT2D eigenvalue weighted by Gasteiger charge is 2.14. The lowest BCUT2D eigenvalue weighted by molar-refractivity contribution is 0.243. The topological polar surface area (TPSA) is 38.5 Å². The number of nitrogens with two attached hydrogens (primary N) is 1. The summed E-state index contributed by atoms with van der Waals surface area (Å²) >= 11 is 0. The Kier molecular flexibility index (Phi) is 7.76. The van der Waals surface area contributed by atoms with Crippen LogP contribution in [-0.2, 0) is 0 Å². The summed E-state index contributed by atoms with van der Waals surface area (Å²) in [6.45, 7) is 10.5. The third-order valence-electron chi connectivity index (χ3n) is 4.17. The molecule has 0 radical (unpaired) electrons. The molecule has 1 aromatic rings. The average molecular weight is 292 g/mol. The van der Waals surface area contributed by atoms with E-state index in [1.165, 1.54) is 5.56 Å². The van der Waals surface area contributed by atoms with E-state index in [1.807, 2.05) is 0 Å². The summed E-state index contributed by atoms with van der Waals surface area (Å²) in [5.41, 5.74) is 7.45. The predicted molar refractivity (Wildman–Crippen MR) is 90.7 cm³/mol. The van der Waals surface area contributed by atoms with Crippen molar-refractivity contribution in [2.45, 2.75) is 52.6 Å². The van der Waals surface area contributed by atoms with Crippen LogP contribution in [0.4, 0.5) is 0 Å². The van der Waals surface area contributed by atoms with Crippen LogP contribution in [0.25, 0.3) is 0 Å². The Morgan fingerprint density at radius 2 is 1.76 bits per heavy atom. The van der Waals surface area contributed by atoms with Gasteiger partial charge in [0.05, 0.1) is 6.61 Å². The van der Waals surface area contributed by atoms with Crippen molar-refractivity contribution in [2.75, 3.05) is 20.2 Å². The standard InChI is InChI=1S/C18H32N2O/c1-6-13-21-17-9-7-16(8-10-17)15(4)20(5)12-11-18(19)14(2)3/h7-10,14-15,18H,6,11-13,19H2,1-5H3. The van der Waals surface area contributed by atoms with Crippen molar-refractivity contribution in [1.82, 2.24) is 4.90 Å². The molecule has 0 spiro atoms. The first-order chi connectivity index (χ1) is 9.95. The molecule has 0 heterocycles. The molecule has 0 aliphatic carbocycles. The van der Waals surface area contributed by atoms with Crippen molar-refractivity contribution >= 4 is 0 Å². The van der Waals surface area contributed by atoms with Gasteiger partial charge in [0.2, 0.25) is 0 Å². The molecule has 1 aromatic carbocycles. The molecular weight excluding hydrogens is 260 g/mol. The number of benzene rings is 1. The highest BCUT2D eigenvalue weighted by Crippen LogP contribution is 2.22. The maximum Gasteiger partial charge on any atom is 0.119 e. The molecule has 0 bridgehead atoms. The third kappa shape index (κ3) is 6.06. The predicted octanol–water partition coefficient (Wildman–Crippen LogP) is 3.84. The summed E-state index contributed by atoms with van der Waals surface area (Å²) in [4.78, 5) is 2.37. The molecule has 0 saturated carbocycles. The van der Waals surface area contributed by atoms with Crippen LogP contribution in [0.5, 0.6) is 5.75 Å². The summed E-state index contributed by atoms with van der Waals surface area (Å²) in [5.74, 6) is 1.50. The van der Waals surface area contributed by atoms with Crippen LogP contribution < -0.4 is 10.5 Å².